The van der Waals surface area contributed by atoms with Crippen LogP contribution < -0.4 is 11.1 Å². The molecule has 1 saturated carbocycles. The van der Waals surface area contributed by atoms with E-state index >= 15 is 0 Å². The highest BCUT2D eigenvalue weighted by molar-refractivity contribution is 7.21. The standard InChI is InChI=1S/C14H17N3O2S/c1-7-2-3-16-14-10(7)11(15)12(20-14)13(19)17-6-8-4-9(18)5-8/h2-3,8-9,18H,4-6,15H2,1H3,(H,17,19). The van der Waals surface area contributed by atoms with E-state index in [1.165, 1.54) is 11.3 Å². The minimum atomic E-state index is -0.196. The van der Waals surface area contributed by atoms with Gasteiger partial charge in [0.25, 0.3) is 5.91 Å². The van der Waals surface area contributed by atoms with Crippen LogP contribution in [0.2, 0.25) is 0 Å². The second-order valence-electron chi connectivity index (χ2n) is 5.35. The number of thiophene rings is 1. The molecule has 106 valence electrons. The lowest BCUT2D eigenvalue weighted by Gasteiger charge is -2.31. The quantitative estimate of drug-likeness (QED) is 0.803. The Morgan fingerprint density at radius 2 is 2.35 bits per heavy atom. The average molecular weight is 291 g/mol. The number of hydrogen-bond acceptors (Lipinski definition) is 5. The summed E-state index contributed by atoms with van der Waals surface area (Å²) in [6, 6.07) is 1.89. The number of carbonyl (C=O) groups excluding carboxylic acids is 1. The van der Waals surface area contributed by atoms with E-state index in [2.05, 4.69) is 10.3 Å². The molecule has 0 unspecified atom stereocenters. The Kier molecular flexibility index (Phi) is 3.35. The van der Waals surface area contributed by atoms with Crippen molar-refractivity contribution in [3.8, 4) is 0 Å². The summed E-state index contributed by atoms with van der Waals surface area (Å²) in [5.74, 6) is 0.232. The third-order valence-corrected chi connectivity index (χ3v) is 4.92. The Labute approximate surface area is 120 Å². The fraction of sp³-hybridized carbons (Fsp3) is 0.429. The number of pyridine rings is 1. The number of aryl methyl sites for hydroxylation is 1. The molecule has 1 aliphatic carbocycles. The van der Waals surface area contributed by atoms with Crippen molar-refractivity contribution >= 4 is 33.1 Å². The van der Waals surface area contributed by atoms with Gasteiger partial charge in [-0.2, -0.15) is 0 Å². The number of rotatable bonds is 3. The highest BCUT2D eigenvalue weighted by atomic mass is 32.1. The Balaban J connectivity index is 1.78. The zero-order valence-corrected chi connectivity index (χ0v) is 12.0. The van der Waals surface area contributed by atoms with Crippen LogP contribution in [0.5, 0.6) is 0 Å². The summed E-state index contributed by atoms with van der Waals surface area (Å²) in [5.41, 5.74) is 7.63. The molecule has 1 aliphatic rings. The van der Waals surface area contributed by atoms with Gasteiger partial charge in [-0.3, -0.25) is 4.79 Å². The van der Waals surface area contributed by atoms with Gasteiger partial charge < -0.3 is 16.2 Å². The molecule has 1 fully saturated rings. The Morgan fingerprint density at radius 1 is 1.60 bits per heavy atom. The van der Waals surface area contributed by atoms with Crippen molar-refractivity contribution in [3.05, 3.63) is 22.7 Å². The minimum Gasteiger partial charge on any atom is -0.397 e. The van der Waals surface area contributed by atoms with Gasteiger partial charge in [0.05, 0.1) is 11.8 Å². The number of nitrogens with two attached hydrogens (primary N) is 1. The summed E-state index contributed by atoms with van der Waals surface area (Å²) in [7, 11) is 0. The monoisotopic (exact) mass is 291 g/mol. The number of hydrogen-bond donors (Lipinski definition) is 3. The van der Waals surface area contributed by atoms with Gasteiger partial charge in [0.2, 0.25) is 0 Å². The molecular weight excluding hydrogens is 274 g/mol. The molecule has 0 bridgehead atoms. The Hall–Kier alpha value is -1.66. The Bertz CT molecular complexity index is 662. The molecule has 1 amide bonds. The zero-order valence-electron chi connectivity index (χ0n) is 11.2. The van der Waals surface area contributed by atoms with E-state index in [9.17, 15) is 9.90 Å². The van der Waals surface area contributed by atoms with E-state index in [1.807, 2.05) is 13.0 Å². The molecule has 5 nitrogen and oxygen atoms in total. The van der Waals surface area contributed by atoms with Crippen molar-refractivity contribution in [2.75, 3.05) is 12.3 Å². The van der Waals surface area contributed by atoms with Crippen molar-refractivity contribution in [3.63, 3.8) is 0 Å². The van der Waals surface area contributed by atoms with Gasteiger partial charge in [-0.05, 0) is 37.3 Å². The molecule has 0 radical (unpaired) electrons. The molecule has 0 atom stereocenters. The van der Waals surface area contributed by atoms with Crippen molar-refractivity contribution in [1.29, 1.82) is 0 Å². The third-order valence-electron chi connectivity index (χ3n) is 3.81. The smallest absolute Gasteiger partial charge is 0.263 e. The maximum absolute atomic E-state index is 12.2. The van der Waals surface area contributed by atoms with E-state index < -0.39 is 0 Å². The summed E-state index contributed by atoms with van der Waals surface area (Å²) in [4.78, 5) is 17.8. The minimum absolute atomic E-state index is 0.147. The van der Waals surface area contributed by atoms with Gasteiger partial charge in [0.1, 0.15) is 9.71 Å². The second-order valence-corrected chi connectivity index (χ2v) is 6.35. The SMILES string of the molecule is Cc1ccnc2sc(C(=O)NCC3CC(O)C3)c(N)c12. The number of nitrogens with one attached hydrogen (secondary N) is 1. The maximum atomic E-state index is 12.2. The van der Waals surface area contributed by atoms with Crippen LogP contribution >= 0.6 is 11.3 Å². The number of amides is 1. The van der Waals surface area contributed by atoms with Gasteiger partial charge in [-0.15, -0.1) is 11.3 Å². The number of nitrogens with zero attached hydrogens (tertiary/aromatic N) is 1. The van der Waals surface area contributed by atoms with E-state index in [-0.39, 0.29) is 12.0 Å². The summed E-state index contributed by atoms with van der Waals surface area (Å²) < 4.78 is 0. The molecule has 2 heterocycles. The molecule has 0 spiro atoms. The summed E-state index contributed by atoms with van der Waals surface area (Å²) in [6.45, 7) is 2.56. The number of anilines is 1. The van der Waals surface area contributed by atoms with Crippen molar-refractivity contribution < 1.29 is 9.90 Å². The van der Waals surface area contributed by atoms with Crippen LogP contribution in [-0.4, -0.2) is 28.6 Å². The van der Waals surface area contributed by atoms with Crippen LogP contribution in [0.3, 0.4) is 0 Å². The number of aromatic nitrogens is 1. The predicted molar refractivity (Wildman–Crippen MR) is 79.8 cm³/mol. The first-order chi connectivity index (χ1) is 9.56. The molecule has 2 aromatic heterocycles. The van der Waals surface area contributed by atoms with Crippen LogP contribution in [0, 0.1) is 12.8 Å². The number of nitrogen functional groups attached to an aromatic ring is 1. The average Bonchev–Trinajstić information content (AvgIpc) is 2.72. The summed E-state index contributed by atoms with van der Waals surface area (Å²) >= 11 is 1.33. The van der Waals surface area contributed by atoms with E-state index in [0.717, 1.165) is 28.6 Å². The largest absolute Gasteiger partial charge is 0.397 e. The van der Waals surface area contributed by atoms with Crippen LogP contribution in [0.15, 0.2) is 12.3 Å². The van der Waals surface area contributed by atoms with Crippen LogP contribution in [0.25, 0.3) is 10.2 Å². The third kappa shape index (κ3) is 2.25. The number of carbonyl (C=O) groups is 1. The lowest BCUT2D eigenvalue weighted by Crippen LogP contribution is -2.38. The van der Waals surface area contributed by atoms with E-state index in [1.54, 1.807) is 6.20 Å². The van der Waals surface area contributed by atoms with Crippen LogP contribution in [0.4, 0.5) is 5.69 Å². The molecule has 6 heteroatoms. The first-order valence-electron chi connectivity index (χ1n) is 6.66. The highest BCUT2D eigenvalue weighted by Gasteiger charge is 2.28. The van der Waals surface area contributed by atoms with Crippen molar-refractivity contribution in [1.82, 2.24) is 10.3 Å². The summed E-state index contributed by atoms with van der Waals surface area (Å²) in [5, 5.41) is 13.0. The summed E-state index contributed by atoms with van der Waals surface area (Å²) in [6.07, 6.45) is 3.06. The van der Waals surface area contributed by atoms with Gasteiger partial charge in [0, 0.05) is 18.1 Å². The molecule has 3 rings (SSSR count). The van der Waals surface area contributed by atoms with Crippen molar-refractivity contribution in [2.24, 2.45) is 5.92 Å². The van der Waals surface area contributed by atoms with Gasteiger partial charge in [-0.25, -0.2) is 4.98 Å². The molecular formula is C14H17N3O2S. The number of aliphatic hydroxyl groups is 1. The molecule has 2 aromatic rings. The fourth-order valence-electron chi connectivity index (χ4n) is 2.56. The zero-order chi connectivity index (χ0) is 14.3. The molecule has 0 saturated heterocycles. The lowest BCUT2D eigenvalue weighted by molar-refractivity contribution is 0.0420. The van der Waals surface area contributed by atoms with Crippen molar-refractivity contribution in [2.45, 2.75) is 25.9 Å². The predicted octanol–water partition coefficient (Wildman–Crippen LogP) is 1.69. The normalized spacial score (nSPS) is 21.7. The topological polar surface area (TPSA) is 88.2 Å². The number of fused-ring (bicyclic) bond motifs is 1. The van der Waals surface area contributed by atoms with Crippen LogP contribution in [-0.2, 0) is 0 Å². The lowest BCUT2D eigenvalue weighted by atomic mass is 9.82. The first kappa shape index (κ1) is 13.3. The molecule has 20 heavy (non-hydrogen) atoms. The van der Waals surface area contributed by atoms with Gasteiger partial charge >= 0.3 is 0 Å². The van der Waals surface area contributed by atoms with Gasteiger partial charge in [0.15, 0.2) is 0 Å². The highest BCUT2D eigenvalue weighted by Crippen LogP contribution is 2.34. The van der Waals surface area contributed by atoms with Gasteiger partial charge in [-0.1, -0.05) is 0 Å². The Morgan fingerprint density at radius 3 is 3.00 bits per heavy atom. The molecule has 0 aliphatic heterocycles. The second kappa shape index (κ2) is 5.03. The van der Waals surface area contributed by atoms with E-state index in [4.69, 9.17) is 5.73 Å². The number of aliphatic hydroxyl groups excluding tert-OH is 1. The fourth-order valence-corrected chi connectivity index (χ4v) is 3.61. The maximum Gasteiger partial charge on any atom is 0.263 e. The van der Waals surface area contributed by atoms with Crippen LogP contribution in [0.1, 0.15) is 28.1 Å². The van der Waals surface area contributed by atoms with E-state index in [0.29, 0.717) is 23.0 Å². The molecule has 4 N–H and O–H groups in total. The molecule has 0 aromatic carbocycles. The first-order valence-corrected chi connectivity index (χ1v) is 7.47.